The fourth-order valence-corrected chi connectivity index (χ4v) is 4.44. The number of rotatable bonds is 12. The van der Waals surface area contributed by atoms with Gasteiger partial charge >= 0.3 is 0 Å². The number of hydrogen-bond acceptors (Lipinski definition) is 8. The summed E-state index contributed by atoms with van der Waals surface area (Å²) in [5.41, 5.74) is 0.143. The van der Waals surface area contributed by atoms with Crippen molar-refractivity contribution in [2.24, 2.45) is 0 Å². The molecule has 2 rings (SSSR count). The lowest BCUT2D eigenvalue weighted by Crippen LogP contribution is -2.51. The number of nitrogens with one attached hydrogen (secondary N) is 1. The Bertz CT molecular complexity index is 1200. The van der Waals surface area contributed by atoms with E-state index in [4.69, 9.17) is 9.47 Å². The minimum absolute atomic E-state index is 0.0123. The van der Waals surface area contributed by atoms with E-state index in [-0.39, 0.29) is 30.1 Å². The molecule has 13 heteroatoms. The van der Waals surface area contributed by atoms with E-state index >= 15 is 0 Å². The molecule has 2 aromatic rings. The maximum atomic E-state index is 13.6. The molecule has 12 nitrogen and oxygen atoms in total. The topological polar surface area (TPSA) is 148 Å². The molecule has 2 aromatic carbocycles. The second kappa shape index (κ2) is 12.2. The van der Waals surface area contributed by atoms with Crippen LogP contribution in [0.4, 0.5) is 11.4 Å². The van der Waals surface area contributed by atoms with Gasteiger partial charge in [0.05, 0.1) is 25.4 Å². The monoisotopic (exact) mass is 522 g/mol. The van der Waals surface area contributed by atoms with Crippen LogP contribution in [-0.2, 0) is 26.2 Å². The van der Waals surface area contributed by atoms with Gasteiger partial charge in [-0.25, -0.2) is 8.42 Å². The lowest BCUT2D eigenvalue weighted by Gasteiger charge is -2.32. The molecule has 0 aliphatic rings. The fraction of sp³-hybridized carbons (Fsp3) is 0.391. The van der Waals surface area contributed by atoms with Gasteiger partial charge in [0.25, 0.3) is 5.69 Å². The second-order valence-corrected chi connectivity index (χ2v) is 9.70. The molecule has 0 heterocycles. The number of likely N-dealkylation sites (N-methyl/N-ethyl adjacent to an activating group) is 1. The highest BCUT2D eigenvalue weighted by Gasteiger charge is 2.32. The Balaban J connectivity index is 2.53. The van der Waals surface area contributed by atoms with Crippen LogP contribution in [0.15, 0.2) is 42.5 Å². The van der Waals surface area contributed by atoms with Gasteiger partial charge in [0.2, 0.25) is 21.8 Å². The number of carbonyl (C=O) groups excluding carboxylic acids is 2. The van der Waals surface area contributed by atoms with Gasteiger partial charge in [-0.05, 0) is 30.2 Å². The molecule has 0 aliphatic heterocycles. The highest BCUT2D eigenvalue weighted by molar-refractivity contribution is 7.92. The number of non-ortho nitro benzene ring substituents is 1. The highest BCUT2D eigenvalue weighted by atomic mass is 32.2. The summed E-state index contributed by atoms with van der Waals surface area (Å²) in [7, 11) is 0.145. The maximum Gasteiger partial charge on any atom is 0.271 e. The van der Waals surface area contributed by atoms with Crippen LogP contribution in [0.25, 0.3) is 0 Å². The summed E-state index contributed by atoms with van der Waals surface area (Å²) in [5, 5.41) is 13.8. The van der Waals surface area contributed by atoms with Crippen molar-refractivity contribution in [3.8, 4) is 11.5 Å². The number of sulfonamides is 1. The van der Waals surface area contributed by atoms with E-state index in [1.807, 2.05) is 0 Å². The molecule has 1 N–H and O–H groups in total. The predicted molar refractivity (Wildman–Crippen MR) is 134 cm³/mol. The third kappa shape index (κ3) is 6.84. The van der Waals surface area contributed by atoms with Crippen LogP contribution in [-0.4, -0.2) is 70.2 Å². The lowest BCUT2D eigenvalue weighted by atomic mass is 10.1. The van der Waals surface area contributed by atoms with Gasteiger partial charge in [0.15, 0.2) is 0 Å². The van der Waals surface area contributed by atoms with Gasteiger partial charge in [-0.3, -0.25) is 24.0 Å². The number of hydrogen-bond donors (Lipinski definition) is 1. The van der Waals surface area contributed by atoms with Crippen LogP contribution >= 0.6 is 0 Å². The molecule has 0 fully saturated rings. The molecule has 1 atom stereocenters. The molecular formula is C23H30N4O8S. The van der Waals surface area contributed by atoms with Gasteiger partial charge in [-0.2, -0.15) is 0 Å². The Kier molecular flexibility index (Phi) is 9.61. The van der Waals surface area contributed by atoms with E-state index in [1.54, 1.807) is 31.2 Å². The summed E-state index contributed by atoms with van der Waals surface area (Å²) in [6.45, 7) is 1.03. The van der Waals surface area contributed by atoms with Crippen molar-refractivity contribution in [2.75, 3.05) is 38.4 Å². The number of amides is 2. The van der Waals surface area contributed by atoms with Crippen LogP contribution in [0.5, 0.6) is 11.5 Å². The quantitative estimate of drug-likeness (QED) is 0.328. The minimum Gasteiger partial charge on any atom is -0.497 e. The molecule has 0 aromatic heterocycles. The first-order valence-corrected chi connectivity index (χ1v) is 12.8. The van der Waals surface area contributed by atoms with Crippen molar-refractivity contribution < 1.29 is 32.4 Å². The van der Waals surface area contributed by atoms with Crippen molar-refractivity contribution in [1.82, 2.24) is 10.2 Å². The van der Waals surface area contributed by atoms with Crippen LogP contribution in [0.1, 0.15) is 18.9 Å². The number of benzene rings is 2. The zero-order valence-electron chi connectivity index (χ0n) is 20.8. The van der Waals surface area contributed by atoms with Crippen LogP contribution in [0, 0.1) is 10.1 Å². The molecule has 2 amide bonds. The minimum atomic E-state index is -4.10. The Morgan fingerprint density at radius 2 is 1.75 bits per heavy atom. The number of nitro groups is 1. The molecule has 0 bridgehead atoms. The molecule has 0 aliphatic carbocycles. The van der Waals surface area contributed by atoms with Crippen molar-refractivity contribution >= 4 is 33.2 Å². The van der Waals surface area contributed by atoms with Gasteiger partial charge in [0, 0.05) is 25.7 Å². The van der Waals surface area contributed by atoms with E-state index in [2.05, 4.69) is 5.32 Å². The van der Waals surface area contributed by atoms with E-state index in [1.165, 1.54) is 38.3 Å². The van der Waals surface area contributed by atoms with Gasteiger partial charge in [-0.15, -0.1) is 0 Å². The Morgan fingerprint density at radius 3 is 2.22 bits per heavy atom. The molecule has 0 radical (unpaired) electrons. The largest absolute Gasteiger partial charge is 0.497 e. The molecule has 0 saturated carbocycles. The van der Waals surface area contributed by atoms with Crippen molar-refractivity contribution in [2.45, 2.75) is 25.9 Å². The summed E-state index contributed by atoms with van der Waals surface area (Å²) in [6, 6.07) is 9.42. The SMILES string of the molecule is CC[C@H](C(=O)NC)N(Cc1ccc(OC)cc1)C(=O)CN(c1cc([N+](=O)[O-])ccc1OC)S(C)(=O)=O. The van der Waals surface area contributed by atoms with Gasteiger partial charge in [0.1, 0.15) is 29.8 Å². The summed E-state index contributed by atoms with van der Waals surface area (Å²) in [5.74, 6) is -0.465. The Morgan fingerprint density at radius 1 is 1.11 bits per heavy atom. The number of carbonyl (C=O) groups is 2. The number of ether oxygens (including phenoxy) is 2. The van der Waals surface area contributed by atoms with Crippen LogP contribution in [0.3, 0.4) is 0 Å². The number of anilines is 1. The first-order chi connectivity index (χ1) is 17.0. The first-order valence-electron chi connectivity index (χ1n) is 10.9. The van der Waals surface area contributed by atoms with E-state index in [0.717, 1.165) is 16.6 Å². The number of nitrogens with zero attached hydrogens (tertiary/aromatic N) is 3. The highest BCUT2D eigenvalue weighted by Crippen LogP contribution is 2.34. The van der Waals surface area contributed by atoms with Gasteiger partial charge in [-0.1, -0.05) is 19.1 Å². The first kappa shape index (κ1) is 28.4. The number of nitro benzene ring substituents is 1. The Hall–Kier alpha value is -3.87. The zero-order valence-corrected chi connectivity index (χ0v) is 21.6. The predicted octanol–water partition coefficient (Wildman–Crippen LogP) is 1.93. The molecule has 36 heavy (non-hydrogen) atoms. The molecule has 0 spiro atoms. The van der Waals surface area contributed by atoms with Crippen LogP contribution in [0.2, 0.25) is 0 Å². The lowest BCUT2D eigenvalue weighted by molar-refractivity contribution is -0.384. The molecule has 196 valence electrons. The maximum absolute atomic E-state index is 13.6. The van der Waals surface area contributed by atoms with E-state index in [0.29, 0.717) is 11.3 Å². The summed E-state index contributed by atoms with van der Waals surface area (Å²) >= 11 is 0. The third-order valence-electron chi connectivity index (χ3n) is 5.47. The fourth-order valence-electron chi connectivity index (χ4n) is 3.60. The molecular weight excluding hydrogens is 492 g/mol. The van der Waals surface area contributed by atoms with Crippen LogP contribution < -0.4 is 19.1 Å². The molecule has 0 unspecified atom stereocenters. The third-order valence-corrected chi connectivity index (χ3v) is 6.59. The van der Waals surface area contributed by atoms with Crippen molar-refractivity contribution in [3.63, 3.8) is 0 Å². The summed E-state index contributed by atoms with van der Waals surface area (Å²) in [6.07, 6.45) is 1.14. The van der Waals surface area contributed by atoms with Crippen molar-refractivity contribution in [3.05, 3.63) is 58.1 Å². The summed E-state index contributed by atoms with van der Waals surface area (Å²) < 4.78 is 36.6. The number of methoxy groups -OCH3 is 2. The Labute approximate surface area is 210 Å². The average molecular weight is 523 g/mol. The normalized spacial score (nSPS) is 11.8. The van der Waals surface area contributed by atoms with Gasteiger partial charge < -0.3 is 19.7 Å². The standard InChI is InChI=1S/C23H30N4O8S/c1-6-19(23(29)24-2)25(14-16-7-10-18(34-3)11-8-16)22(28)15-26(36(5,32)33)20-13-17(27(30)31)9-12-21(20)35-4/h7-13,19H,6,14-15H2,1-5H3,(H,24,29)/t19-/m1/s1. The van der Waals surface area contributed by atoms with E-state index < -0.39 is 39.3 Å². The summed E-state index contributed by atoms with van der Waals surface area (Å²) in [4.78, 5) is 38.1. The smallest absolute Gasteiger partial charge is 0.271 e. The van der Waals surface area contributed by atoms with Crippen molar-refractivity contribution in [1.29, 1.82) is 0 Å². The van der Waals surface area contributed by atoms with E-state index in [9.17, 15) is 28.1 Å². The molecule has 0 saturated heterocycles. The average Bonchev–Trinajstić information content (AvgIpc) is 2.85. The zero-order chi connectivity index (χ0) is 27.0. The second-order valence-electron chi connectivity index (χ2n) is 7.79.